The maximum Gasteiger partial charge on any atom is 0.415 e. The highest BCUT2D eigenvalue weighted by atomic mass is 32.1. The summed E-state index contributed by atoms with van der Waals surface area (Å²) in [5.41, 5.74) is 0.860. The van der Waals surface area contributed by atoms with Crippen molar-refractivity contribution in [3.05, 3.63) is 80.7 Å². The van der Waals surface area contributed by atoms with Gasteiger partial charge in [-0.05, 0) is 45.0 Å². The summed E-state index contributed by atoms with van der Waals surface area (Å²) in [6.07, 6.45) is -0.724. The first-order valence-corrected chi connectivity index (χ1v) is 16.0. The van der Waals surface area contributed by atoms with Crippen molar-refractivity contribution in [2.24, 2.45) is 5.41 Å². The molecule has 5 rings (SSSR count). The fourth-order valence-electron chi connectivity index (χ4n) is 5.74. The van der Waals surface area contributed by atoms with Gasteiger partial charge in [-0.3, -0.25) is 14.4 Å². The lowest BCUT2D eigenvalue weighted by Crippen LogP contribution is -2.40. The molecule has 0 radical (unpaired) electrons. The van der Waals surface area contributed by atoms with Gasteiger partial charge in [0, 0.05) is 72.8 Å². The molecular formula is C36H34N4O7S. The molecule has 48 heavy (non-hydrogen) atoms. The number of carbonyl (C=O) groups excluding carboxylic acids is 4. The monoisotopic (exact) mass is 666 g/mol. The molecule has 2 amide bonds. The number of Topliss-reactive ketones (excluding diaryl/α,β-unsaturated/α-hetero) is 2. The highest BCUT2D eigenvalue weighted by Crippen LogP contribution is 2.39. The second-order valence-corrected chi connectivity index (χ2v) is 13.5. The zero-order valence-electron chi connectivity index (χ0n) is 27.7. The lowest BCUT2D eigenvalue weighted by molar-refractivity contribution is -0.132. The van der Waals surface area contributed by atoms with E-state index in [0.29, 0.717) is 38.2 Å². The highest BCUT2D eigenvalue weighted by molar-refractivity contribution is 7.21. The number of likely N-dealkylation sites (N-methyl/N-ethyl adjacent to an activating group) is 2. The van der Waals surface area contributed by atoms with E-state index in [1.807, 2.05) is 24.3 Å². The van der Waals surface area contributed by atoms with E-state index in [0.717, 1.165) is 4.70 Å². The van der Waals surface area contributed by atoms with E-state index in [4.69, 9.17) is 9.15 Å². The predicted octanol–water partition coefficient (Wildman–Crippen LogP) is 6.05. The summed E-state index contributed by atoms with van der Waals surface area (Å²) in [5, 5.41) is 10.7. The maximum absolute atomic E-state index is 13.2. The first-order chi connectivity index (χ1) is 22.6. The highest BCUT2D eigenvalue weighted by Gasteiger charge is 2.38. The molecule has 2 aromatic carbocycles. The van der Waals surface area contributed by atoms with Crippen molar-refractivity contribution in [2.45, 2.75) is 41.0 Å². The Morgan fingerprint density at radius 2 is 1.62 bits per heavy atom. The van der Waals surface area contributed by atoms with Gasteiger partial charge in [-0.25, -0.2) is 14.6 Å². The van der Waals surface area contributed by atoms with E-state index in [2.05, 4.69) is 11.1 Å². The number of nitriles is 1. The lowest BCUT2D eigenvalue weighted by Gasteiger charge is -2.33. The van der Waals surface area contributed by atoms with Crippen molar-refractivity contribution < 1.29 is 28.3 Å². The largest absolute Gasteiger partial charge is 0.422 e. The van der Waals surface area contributed by atoms with Crippen LogP contribution in [0.3, 0.4) is 0 Å². The van der Waals surface area contributed by atoms with Crippen molar-refractivity contribution in [3.63, 3.8) is 0 Å². The molecule has 0 unspecified atom stereocenters. The average Bonchev–Trinajstić information content (AvgIpc) is 3.47. The van der Waals surface area contributed by atoms with Gasteiger partial charge in [0.05, 0.1) is 15.8 Å². The van der Waals surface area contributed by atoms with Gasteiger partial charge in [-0.15, -0.1) is 11.3 Å². The summed E-state index contributed by atoms with van der Waals surface area (Å²) in [4.78, 5) is 72.2. The van der Waals surface area contributed by atoms with Crippen LogP contribution in [0.5, 0.6) is 5.75 Å². The minimum absolute atomic E-state index is 0.0106. The van der Waals surface area contributed by atoms with Crippen molar-refractivity contribution in [1.29, 1.82) is 5.26 Å². The van der Waals surface area contributed by atoms with Gasteiger partial charge in [0.2, 0.25) is 5.91 Å². The van der Waals surface area contributed by atoms with Crippen LogP contribution in [0, 0.1) is 16.7 Å². The molecule has 1 aliphatic rings. The van der Waals surface area contributed by atoms with E-state index < -0.39 is 17.1 Å². The summed E-state index contributed by atoms with van der Waals surface area (Å²) >= 11 is 1.28. The Bertz CT molecular complexity index is 2170. The van der Waals surface area contributed by atoms with Gasteiger partial charge in [-0.2, -0.15) is 5.26 Å². The van der Waals surface area contributed by atoms with Crippen LogP contribution < -0.4 is 10.4 Å². The van der Waals surface area contributed by atoms with Crippen molar-refractivity contribution in [2.75, 3.05) is 27.2 Å². The van der Waals surface area contributed by atoms with Crippen LogP contribution in [-0.2, 0) is 14.4 Å². The first kappa shape index (κ1) is 33.9. The number of hydrogen-bond acceptors (Lipinski definition) is 10. The minimum Gasteiger partial charge on any atom is -0.422 e. The van der Waals surface area contributed by atoms with Crippen LogP contribution in [0.2, 0.25) is 0 Å². The Balaban J connectivity index is 1.24. The van der Waals surface area contributed by atoms with E-state index in [-0.39, 0.29) is 59.4 Å². The van der Waals surface area contributed by atoms with Crippen molar-refractivity contribution in [3.8, 4) is 22.4 Å². The zero-order chi connectivity index (χ0) is 35.1. The second kappa shape index (κ2) is 13.0. The smallest absolute Gasteiger partial charge is 0.415 e. The molecule has 1 aliphatic carbocycles. The number of ketones is 2. The number of nitrogens with zero attached hydrogens (tertiary/aromatic N) is 4. The molecule has 11 nitrogen and oxygen atoms in total. The number of thiazole rings is 1. The van der Waals surface area contributed by atoms with Crippen molar-refractivity contribution >= 4 is 56.1 Å². The third kappa shape index (κ3) is 6.29. The molecular weight excluding hydrogens is 632 g/mol. The van der Waals surface area contributed by atoms with Gasteiger partial charge in [0.15, 0.2) is 11.6 Å². The summed E-state index contributed by atoms with van der Waals surface area (Å²) < 4.78 is 11.9. The van der Waals surface area contributed by atoms with Gasteiger partial charge < -0.3 is 19.0 Å². The number of aromatic nitrogens is 1. The number of fused-ring (bicyclic) bond motifs is 2. The zero-order valence-corrected chi connectivity index (χ0v) is 28.5. The van der Waals surface area contributed by atoms with E-state index in [1.54, 1.807) is 47.7 Å². The number of rotatable bonds is 8. The molecule has 2 heterocycles. The third-order valence-corrected chi connectivity index (χ3v) is 9.72. The molecule has 4 aromatic rings. The van der Waals surface area contributed by atoms with E-state index in [9.17, 15) is 29.2 Å². The molecule has 0 aliphatic heterocycles. The van der Waals surface area contributed by atoms with Crippen LogP contribution in [0.15, 0.2) is 74.0 Å². The molecule has 0 atom stereocenters. The Hall–Kier alpha value is -5.41. The second-order valence-electron chi connectivity index (χ2n) is 12.5. The normalized spacial score (nSPS) is 13.7. The quantitative estimate of drug-likeness (QED) is 0.162. The predicted molar refractivity (Wildman–Crippen MR) is 182 cm³/mol. The van der Waals surface area contributed by atoms with Crippen LogP contribution in [0.4, 0.5) is 4.79 Å². The molecule has 0 N–H and O–H groups in total. The molecule has 0 saturated carbocycles. The number of hydrogen-bond donors (Lipinski definition) is 0. The van der Waals surface area contributed by atoms with Crippen LogP contribution in [-0.4, -0.2) is 65.5 Å². The number of carbonyl (C=O) groups is 4. The van der Waals surface area contributed by atoms with Gasteiger partial charge in [0.25, 0.3) is 0 Å². The Kier molecular flexibility index (Phi) is 9.19. The fraction of sp³-hybridized carbons (Fsp3) is 0.306. The molecule has 246 valence electrons. The summed E-state index contributed by atoms with van der Waals surface area (Å²) in [7, 11) is 3.12. The van der Waals surface area contributed by atoms with Gasteiger partial charge in [0.1, 0.15) is 28.0 Å². The lowest BCUT2D eigenvalue weighted by atomic mass is 9.71. The average molecular weight is 667 g/mol. The van der Waals surface area contributed by atoms with Crippen molar-refractivity contribution in [1.82, 2.24) is 14.8 Å². The Morgan fingerprint density at radius 1 is 0.958 bits per heavy atom. The van der Waals surface area contributed by atoms with Gasteiger partial charge >= 0.3 is 11.7 Å². The van der Waals surface area contributed by atoms with E-state index >= 15 is 0 Å². The SMILES string of the molecule is CC1=C(C)C(=O)C(C(C)(C)CC(=O)N(C)CCN(C)C(=O)Oc2ccc3c(C#N)c(-c4nc5ccccc5s4)c(=O)oc3c2)=C(C)C1=O. The fourth-order valence-corrected chi connectivity index (χ4v) is 6.74. The number of ether oxygens (including phenoxy) is 1. The molecule has 12 heteroatoms. The van der Waals surface area contributed by atoms with Gasteiger partial charge in [-0.1, -0.05) is 26.0 Å². The Morgan fingerprint density at radius 3 is 2.31 bits per heavy atom. The number of amides is 2. The standard InChI is InChI=1S/C36H34N4O7S/c1-19-20(2)32(43)30(21(3)31(19)42)36(4,5)17-28(41)39(6)14-15-40(7)35(45)46-22-12-13-23-24(18-37)29(34(44)47-26(23)16-22)33-38-25-10-8-9-11-27(25)48-33/h8-13,16H,14-15,17H2,1-7H3. The molecule has 2 aromatic heterocycles. The Labute approximate surface area is 280 Å². The number of benzene rings is 2. The molecule has 0 spiro atoms. The maximum atomic E-state index is 13.2. The van der Waals surface area contributed by atoms with Crippen LogP contribution >= 0.6 is 11.3 Å². The number of allylic oxidation sites excluding steroid dienone is 4. The molecule has 0 fully saturated rings. The minimum atomic E-state index is -0.888. The van der Waals surface area contributed by atoms with E-state index in [1.165, 1.54) is 40.3 Å². The van der Waals surface area contributed by atoms with Crippen LogP contribution in [0.1, 0.15) is 46.6 Å². The molecule has 0 bridgehead atoms. The topological polar surface area (TPSA) is 151 Å². The summed E-state index contributed by atoms with van der Waals surface area (Å²) in [5.74, 6) is -0.572. The number of para-hydroxylation sites is 1. The van der Waals surface area contributed by atoms with Crippen LogP contribution in [0.25, 0.3) is 31.8 Å². The summed E-state index contributed by atoms with van der Waals surface area (Å²) in [6, 6.07) is 13.9. The first-order valence-electron chi connectivity index (χ1n) is 15.2. The third-order valence-electron chi connectivity index (χ3n) is 8.67. The molecule has 0 saturated heterocycles. The summed E-state index contributed by atoms with van der Waals surface area (Å²) in [6.45, 7) is 8.73.